The predicted molar refractivity (Wildman–Crippen MR) is 115 cm³/mol. The van der Waals surface area contributed by atoms with Crippen molar-refractivity contribution in [3.8, 4) is 28.7 Å². The summed E-state index contributed by atoms with van der Waals surface area (Å²) in [6.07, 6.45) is 1.27. The van der Waals surface area contributed by atoms with Gasteiger partial charge in [0.2, 0.25) is 12.5 Å². The van der Waals surface area contributed by atoms with Crippen LogP contribution in [-0.2, 0) is 9.47 Å². The van der Waals surface area contributed by atoms with Crippen molar-refractivity contribution in [1.29, 1.82) is 0 Å². The number of amides is 1. The molecule has 0 radical (unpaired) electrons. The summed E-state index contributed by atoms with van der Waals surface area (Å²) in [5.41, 5.74) is 2.65. The van der Waals surface area contributed by atoms with E-state index in [0.717, 1.165) is 11.1 Å². The Bertz CT molecular complexity index is 1040. The van der Waals surface area contributed by atoms with Crippen molar-refractivity contribution < 1.29 is 38.0 Å². The Morgan fingerprint density at radius 2 is 1.50 bits per heavy atom. The molecule has 9 heteroatoms. The highest BCUT2D eigenvalue weighted by atomic mass is 16.7. The summed E-state index contributed by atoms with van der Waals surface area (Å²) in [6.45, 7) is 0.320. The van der Waals surface area contributed by atoms with Gasteiger partial charge in [-0.15, -0.1) is 0 Å². The van der Waals surface area contributed by atoms with Crippen molar-refractivity contribution in [3.05, 3.63) is 41.0 Å². The summed E-state index contributed by atoms with van der Waals surface area (Å²) in [4.78, 5) is 14.9. The maximum atomic E-state index is 13.3. The van der Waals surface area contributed by atoms with E-state index in [1.807, 2.05) is 24.3 Å². The fourth-order valence-corrected chi connectivity index (χ4v) is 3.80. The van der Waals surface area contributed by atoms with Crippen LogP contribution in [0.3, 0.4) is 0 Å². The minimum Gasteiger partial charge on any atom is -0.493 e. The molecule has 0 saturated carbocycles. The minimum absolute atomic E-state index is 0.123. The number of hydrogen-bond donors (Lipinski definition) is 0. The Kier molecular flexibility index (Phi) is 6.11. The van der Waals surface area contributed by atoms with E-state index in [4.69, 9.17) is 33.2 Å². The molecule has 0 aliphatic carbocycles. The summed E-state index contributed by atoms with van der Waals surface area (Å²) in [5, 5.41) is 0. The van der Waals surface area contributed by atoms with Crippen molar-refractivity contribution in [2.24, 2.45) is 0 Å². The van der Waals surface area contributed by atoms with E-state index >= 15 is 0 Å². The summed E-state index contributed by atoms with van der Waals surface area (Å²) < 4.78 is 38.0. The van der Waals surface area contributed by atoms with E-state index in [9.17, 15) is 4.79 Å². The Morgan fingerprint density at radius 1 is 0.906 bits per heavy atom. The first-order valence-electron chi connectivity index (χ1n) is 9.87. The molecule has 0 N–H and O–H groups in total. The van der Waals surface area contributed by atoms with Crippen molar-refractivity contribution in [2.45, 2.75) is 6.29 Å². The Morgan fingerprint density at radius 3 is 2.03 bits per heavy atom. The summed E-state index contributed by atoms with van der Waals surface area (Å²) >= 11 is 0. The SMILES string of the molecule is COc1cc(/C=C2\c3cc4c(cc3C(=O)N2CC(OC)OC)OCO4)cc(OC)c1OC. The normalized spacial score (nSPS) is 15.5. The van der Waals surface area contributed by atoms with Gasteiger partial charge in [-0.2, -0.15) is 0 Å². The highest BCUT2D eigenvalue weighted by Crippen LogP contribution is 2.44. The average Bonchev–Trinajstić information content (AvgIpc) is 3.38. The number of benzene rings is 2. The number of nitrogens with zero attached hydrogens (tertiary/aromatic N) is 1. The zero-order chi connectivity index (χ0) is 22.8. The molecule has 0 fully saturated rings. The lowest BCUT2D eigenvalue weighted by Crippen LogP contribution is -2.34. The molecule has 0 spiro atoms. The molecule has 0 aromatic heterocycles. The van der Waals surface area contributed by atoms with E-state index < -0.39 is 6.29 Å². The third kappa shape index (κ3) is 3.69. The van der Waals surface area contributed by atoms with Crippen LogP contribution < -0.4 is 23.7 Å². The minimum atomic E-state index is -0.601. The largest absolute Gasteiger partial charge is 0.493 e. The molecule has 0 saturated heterocycles. The van der Waals surface area contributed by atoms with Gasteiger partial charge in [0.25, 0.3) is 5.91 Å². The van der Waals surface area contributed by atoms with E-state index in [2.05, 4.69) is 0 Å². The Balaban J connectivity index is 1.86. The molecule has 2 aromatic rings. The maximum absolute atomic E-state index is 13.3. The second-order valence-electron chi connectivity index (χ2n) is 7.06. The molecule has 32 heavy (non-hydrogen) atoms. The van der Waals surface area contributed by atoms with Crippen molar-refractivity contribution in [1.82, 2.24) is 4.90 Å². The van der Waals surface area contributed by atoms with Crippen LogP contribution in [0.15, 0.2) is 24.3 Å². The lowest BCUT2D eigenvalue weighted by atomic mass is 10.0. The first-order valence-corrected chi connectivity index (χ1v) is 9.87. The number of hydrogen-bond acceptors (Lipinski definition) is 8. The van der Waals surface area contributed by atoms with Gasteiger partial charge in [-0.1, -0.05) is 0 Å². The number of methoxy groups -OCH3 is 5. The van der Waals surface area contributed by atoms with Crippen LogP contribution in [0, 0.1) is 0 Å². The lowest BCUT2D eigenvalue weighted by Gasteiger charge is -2.23. The fourth-order valence-electron chi connectivity index (χ4n) is 3.80. The summed E-state index contributed by atoms with van der Waals surface area (Å²) in [6, 6.07) is 7.14. The van der Waals surface area contributed by atoms with Crippen LogP contribution in [-0.4, -0.2) is 66.0 Å². The predicted octanol–water partition coefficient (Wildman–Crippen LogP) is 3.01. The quantitative estimate of drug-likeness (QED) is 0.576. The highest BCUT2D eigenvalue weighted by molar-refractivity contribution is 6.12. The third-order valence-electron chi connectivity index (χ3n) is 5.40. The van der Waals surface area contributed by atoms with Gasteiger partial charge >= 0.3 is 0 Å². The monoisotopic (exact) mass is 443 g/mol. The van der Waals surface area contributed by atoms with Gasteiger partial charge < -0.3 is 38.1 Å². The smallest absolute Gasteiger partial charge is 0.259 e. The molecule has 2 heterocycles. The lowest BCUT2D eigenvalue weighted by molar-refractivity contribution is -0.107. The molecule has 170 valence electrons. The van der Waals surface area contributed by atoms with E-state index in [-0.39, 0.29) is 19.2 Å². The highest BCUT2D eigenvalue weighted by Gasteiger charge is 2.36. The molecule has 2 aliphatic heterocycles. The van der Waals surface area contributed by atoms with Crippen molar-refractivity contribution in [2.75, 3.05) is 48.9 Å². The van der Waals surface area contributed by atoms with Crippen LogP contribution in [0.4, 0.5) is 0 Å². The first kappa shape index (κ1) is 21.8. The van der Waals surface area contributed by atoms with E-state index in [1.54, 1.807) is 32.3 Å². The second kappa shape index (κ2) is 8.97. The first-order chi connectivity index (χ1) is 15.5. The van der Waals surface area contributed by atoms with E-state index in [1.165, 1.54) is 14.2 Å². The number of rotatable bonds is 8. The molecule has 1 amide bonds. The van der Waals surface area contributed by atoms with Gasteiger partial charge in [-0.25, -0.2) is 0 Å². The maximum Gasteiger partial charge on any atom is 0.259 e. The van der Waals surface area contributed by atoms with Crippen LogP contribution in [0.25, 0.3) is 11.8 Å². The van der Waals surface area contributed by atoms with Gasteiger partial charge in [-0.3, -0.25) is 4.79 Å². The standard InChI is InChI=1S/C23H25NO8/c1-26-19-7-13(8-20(27-2)22(19)30-5)6-16-14-9-17-18(32-12-31-17)10-15(14)23(25)24(16)11-21(28-3)29-4/h6-10,21H,11-12H2,1-5H3/b16-6+. The van der Waals surface area contributed by atoms with Crippen molar-refractivity contribution >= 4 is 17.7 Å². The molecule has 4 rings (SSSR count). The second-order valence-corrected chi connectivity index (χ2v) is 7.06. The van der Waals surface area contributed by atoms with Crippen LogP contribution in [0.5, 0.6) is 28.7 Å². The average molecular weight is 443 g/mol. The summed E-state index contributed by atoms with van der Waals surface area (Å²) in [5.74, 6) is 2.44. The number of ether oxygens (including phenoxy) is 7. The Labute approximate surface area is 186 Å². The molecule has 0 unspecified atom stereocenters. The number of fused-ring (bicyclic) bond motifs is 2. The van der Waals surface area contributed by atoms with Crippen LogP contribution >= 0.6 is 0 Å². The van der Waals surface area contributed by atoms with Gasteiger partial charge in [0.15, 0.2) is 29.3 Å². The van der Waals surface area contributed by atoms with Crippen LogP contribution in [0.1, 0.15) is 21.5 Å². The van der Waals surface area contributed by atoms with Gasteiger partial charge in [-0.05, 0) is 35.9 Å². The molecule has 2 aromatic carbocycles. The molecule has 2 aliphatic rings. The molecular formula is C23H25NO8. The Hall–Kier alpha value is -3.43. The summed E-state index contributed by atoms with van der Waals surface area (Å²) in [7, 11) is 7.71. The third-order valence-corrected chi connectivity index (χ3v) is 5.40. The molecule has 0 bridgehead atoms. The zero-order valence-corrected chi connectivity index (χ0v) is 18.6. The van der Waals surface area contributed by atoms with E-state index in [0.29, 0.717) is 40.0 Å². The number of carbonyl (C=O) groups excluding carboxylic acids is 1. The van der Waals surface area contributed by atoms with Gasteiger partial charge in [0.05, 0.1) is 39.1 Å². The molecule has 0 atom stereocenters. The fraction of sp³-hybridized carbons (Fsp3) is 0.348. The molecule has 9 nitrogen and oxygen atoms in total. The van der Waals surface area contributed by atoms with Gasteiger partial charge in [0, 0.05) is 19.8 Å². The van der Waals surface area contributed by atoms with Crippen LogP contribution in [0.2, 0.25) is 0 Å². The zero-order valence-electron chi connectivity index (χ0n) is 18.6. The number of carbonyl (C=O) groups is 1. The topological polar surface area (TPSA) is 84.9 Å². The van der Waals surface area contributed by atoms with Gasteiger partial charge in [0.1, 0.15) is 0 Å². The van der Waals surface area contributed by atoms with Crippen molar-refractivity contribution in [3.63, 3.8) is 0 Å². The molecular weight excluding hydrogens is 418 g/mol.